The molecule has 0 aliphatic carbocycles. The molecule has 0 amide bonds. The third kappa shape index (κ3) is 12.0. The van der Waals surface area contributed by atoms with E-state index in [4.69, 9.17) is 4.79 Å². The van der Waals surface area contributed by atoms with Crippen LogP contribution in [0.4, 0.5) is 0 Å². The molecule has 0 saturated carbocycles. The molecular weight excluding hydrogens is 197 g/mol. The van der Waals surface area contributed by atoms with Crippen molar-refractivity contribution in [1.29, 1.82) is 0 Å². The van der Waals surface area contributed by atoms with Crippen molar-refractivity contribution < 1.29 is 44.7 Å². The van der Waals surface area contributed by atoms with Gasteiger partial charge < -0.3 is 0 Å². The molecule has 1 radical (unpaired) electrons. The van der Waals surface area contributed by atoms with Crippen LogP contribution in [-0.4, -0.2) is 6.29 Å². The first-order valence-electron chi connectivity index (χ1n) is 0.704. The first-order valence-corrected chi connectivity index (χ1v) is 0.704. The van der Waals surface area contributed by atoms with Crippen LogP contribution in [0.5, 0.6) is 0 Å². The zero-order valence-corrected chi connectivity index (χ0v) is 4.53. The fourth-order valence-electron chi connectivity index (χ4n) is 0. The maximum atomic E-state index is 8.68. The van der Waals surface area contributed by atoms with Crippen LogP contribution < -0.4 is 0 Å². The van der Waals surface area contributed by atoms with Gasteiger partial charge >= 0.3 is 0 Å². The Labute approximate surface area is 57.5 Å². The predicted molar refractivity (Wildman–Crippen MR) is 11.4 cm³/mol. The summed E-state index contributed by atoms with van der Waals surface area (Å²) in [5, 5.41) is 0. The van der Waals surface area contributed by atoms with Crippen LogP contribution in [0.25, 0.3) is 0 Å². The molecule has 0 bridgehead atoms. The van der Waals surface area contributed by atoms with Gasteiger partial charge in [0.2, 0.25) is 0 Å². The van der Waals surface area contributed by atoms with Crippen LogP contribution in [0.15, 0.2) is 0 Å². The Balaban J connectivity index is 0. The number of hydrogen-bond acceptors (Lipinski definition) is 1. The van der Waals surface area contributed by atoms with E-state index < -0.39 is 0 Å². The summed E-state index contributed by atoms with van der Waals surface area (Å²) in [6, 6.07) is 0. The molecule has 2 heteroatoms. The second kappa shape index (κ2) is 9.00. The van der Waals surface area contributed by atoms with Gasteiger partial charge in [-0.1, -0.05) is 0 Å². The van der Waals surface area contributed by atoms with Crippen molar-refractivity contribution in [2.75, 3.05) is 0 Å². The van der Waals surface area contributed by atoms with E-state index in [1.54, 1.807) is 0 Å². The quantitative estimate of drug-likeness (QED) is 0.543. The molecule has 0 rings (SSSR count). The normalized spacial score (nSPS) is 3.25. The van der Waals surface area contributed by atoms with E-state index in [-0.39, 0.29) is 39.9 Å². The standard InChI is InChI=1S/C2H3O.Gd/c1-2-3;/h1H3;. The molecule has 1 nitrogen and oxygen atoms in total. The van der Waals surface area contributed by atoms with Crippen LogP contribution in [-0.2, 0) is 4.79 Å². The fourth-order valence-corrected chi connectivity index (χ4v) is 0. The zero-order valence-electron chi connectivity index (χ0n) is 2.26. The Morgan fingerprint density at radius 3 is 1.75 bits per heavy atom. The van der Waals surface area contributed by atoms with Gasteiger partial charge in [0, 0.05) is 46.9 Å². The summed E-state index contributed by atoms with van der Waals surface area (Å²) in [5.74, 6) is 0. The van der Waals surface area contributed by atoms with E-state index >= 15 is 0 Å². The maximum absolute atomic E-state index is 8.68. The third-order valence-electron chi connectivity index (χ3n) is 0. The summed E-state index contributed by atoms with van der Waals surface area (Å²) in [6.45, 7) is 1.32. The van der Waals surface area contributed by atoms with Crippen LogP contribution >= 0.6 is 0 Å². The molecule has 0 saturated heterocycles. The minimum atomic E-state index is 0. The van der Waals surface area contributed by atoms with Crippen molar-refractivity contribution in [2.24, 2.45) is 0 Å². The van der Waals surface area contributed by atoms with Crippen molar-refractivity contribution >= 4 is 6.29 Å². The molecule has 0 spiro atoms. The van der Waals surface area contributed by atoms with Crippen molar-refractivity contribution in [1.82, 2.24) is 0 Å². The van der Waals surface area contributed by atoms with Crippen LogP contribution in [0.2, 0.25) is 0 Å². The molecule has 0 fully saturated rings. The van der Waals surface area contributed by atoms with Crippen molar-refractivity contribution in [3.05, 3.63) is 0 Å². The smallest absolute Gasteiger partial charge is 0.195 e. The Hall–Kier alpha value is 0.995. The fraction of sp³-hybridized carbons (Fsp3) is 0.500. The van der Waals surface area contributed by atoms with Gasteiger partial charge in [0.05, 0.1) is 0 Å². The SMILES string of the molecule is C[C]=O.[Gd]. The average molecular weight is 200 g/mol. The number of hydrogen-bond donors (Lipinski definition) is 0. The molecule has 0 N–H and O–H groups in total. The Morgan fingerprint density at radius 2 is 1.75 bits per heavy atom. The second-order valence-corrected chi connectivity index (χ2v) is 0.204. The minimum absolute atomic E-state index is 0. The summed E-state index contributed by atoms with van der Waals surface area (Å²) in [6.07, 6.45) is 1.50. The van der Waals surface area contributed by atoms with E-state index in [0.717, 1.165) is 0 Å². The number of rotatable bonds is 0. The van der Waals surface area contributed by atoms with Crippen molar-refractivity contribution in [3.63, 3.8) is 0 Å². The molecular formula is C2H3GdO. The first-order chi connectivity index (χ1) is 1.41. The van der Waals surface area contributed by atoms with Gasteiger partial charge in [-0.25, -0.2) is 0 Å². The molecule has 0 aliphatic rings. The summed E-state index contributed by atoms with van der Waals surface area (Å²) in [7, 11) is 0. The van der Waals surface area contributed by atoms with Gasteiger partial charge in [-0.05, 0) is 0 Å². The van der Waals surface area contributed by atoms with Gasteiger partial charge in [-0.15, -0.1) is 0 Å². The monoisotopic (exact) mass is 201 g/mol. The molecule has 25 valence electrons. The van der Waals surface area contributed by atoms with Gasteiger partial charge in [-0.3, -0.25) is 4.79 Å². The van der Waals surface area contributed by atoms with E-state index in [1.165, 1.54) is 13.2 Å². The van der Waals surface area contributed by atoms with Crippen molar-refractivity contribution in [2.45, 2.75) is 6.92 Å². The molecule has 0 aromatic heterocycles. The topological polar surface area (TPSA) is 17.1 Å². The van der Waals surface area contributed by atoms with Gasteiger partial charge in [0.1, 0.15) is 0 Å². The van der Waals surface area contributed by atoms with Gasteiger partial charge in [0.15, 0.2) is 6.29 Å². The molecule has 0 aliphatic heterocycles. The molecule has 0 unspecified atom stereocenters. The Kier molecular flexibility index (Phi) is 20.0. The van der Waals surface area contributed by atoms with Gasteiger partial charge in [0.25, 0.3) is 0 Å². The summed E-state index contributed by atoms with van der Waals surface area (Å²) >= 11 is 0. The van der Waals surface area contributed by atoms with Gasteiger partial charge in [-0.2, -0.15) is 0 Å². The second-order valence-electron chi connectivity index (χ2n) is 0.204. The molecule has 0 aromatic rings. The predicted octanol–water partition coefficient (Wildman–Crippen LogP) is 0.116. The Morgan fingerprint density at radius 1 is 1.75 bits per heavy atom. The summed E-state index contributed by atoms with van der Waals surface area (Å²) in [4.78, 5) is 8.68. The molecule has 4 heavy (non-hydrogen) atoms. The Bertz CT molecular complexity index is 13.5. The molecule has 0 aromatic carbocycles. The number of carbonyl (C=O) groups excluding carboxylic acids is 1. The summed E-state index contributed by atoms with van der Waals surface area (Å²) in [5.41, 5.74) is 0. The van der Waals surface area contributed by atoms with E-state index in [2.05, 4.69) is 0 Å². The van der Waals surface area contributed by atoms with E-state index in [9.17, 15) is 0 Å². The molecule has 0 heterocycles. The largest absolute Gasteiger partial charge is 0.291 e. The maximum Gasteiger partial charge on any atom is 0.195 e. The average Bonchev–Trinajstić information content (AvgIpc) is 0.918. The van der Waals surface area contributed by atoms with Crippen LogP contribution in [0.1, 0.15) is 6.92 Å². The van der Waals surface area contributed by atoms with E-state index in [0.29, 0.717) is 0 Å². The third-order valence-corrected chi connectivity index (χ3v) is 0. The van der Waals surface area contributed by atoms with Crippen LogP contribution in [0.3, 0.4) is 0 Å². The summed E-state index contributed by atoms with van der Waals surface area (Å²) < 4.78 is 0. The van der Waals surface area contributed by atoms with Crippen LogP contribution in [0, 0.1) is 39.9 Å². The minimum Gasteiger partial charge on any atom is -0.291 e. The first kappa shape index (κ1) is 8.89. The molecule has 0 atom stereocenters. The zero-order chi connectivity index (χ0) is 2.71. The van der Waals surface area contributed by atoms with Crippen molar-refractivity contribution in [3.8, 4) is 0 Å². The van der Waals surface area contributed by atoms with E-state index in [1.807, 2.05) is 0 Å².